The number of hydrogen-bond acceptors (Lipinski definition) is 7. The first-order chi connectivity index (χ1) is 12.9. The van der Waals surface area contributed by atoms with Gasteiger partial charge in [-0.3, -0.25) is 14.3 Å². The molecule has 27 heavy (non-hydrogen) atoms. The quantitative estimate of drug-likeness (QED) is 0.389. The minimum absolute atomic E-state index is 0.0291. The summed E-state index contributed by atoms with van der Waals surface area (Å²) in [4.78, 5) is 34.8. The third-order valence-corrected chi connectivity index (χ3v) is 4.13. The molecule has 0 aliphatic carbocycles. The molecule has 0 saturated heterocycles. The molecule has 0 aliphatic heterocycles. The zero-order valence-electron chi connectivity index (χ0n) is 13.7. The molecule has 0 aromatic carbocycles. The molecule has 13 heteroatoms. The van der Waals surface area contributed by atoms with Crippen molar-refractivity contribution in [3.63, 3.8) is 0 Å². The maximum atomic E-state index is 12.4. The van der Waals surface area contributed by atoms with Gasteiger partial charge in [0, 0.05) is 13.2 Å². The lowest BCUT2D eigenvalue weighted by Gasteiger charge is -2.04. The first-order valence-electron chi connectivity index (χ1n) is 7.40. The highest BCUT2D eigenvalue weighted by atomic mass is 79.9. The minimum Gasteiger partial charge on any atom is -0.467 e. The number of anilines is 1. The zero-order valence-corrected chi connectivity index (χ0v) is 15.3. The number of aryl methyl sites for hydroxylation is 1. The average molecular weight is 438 g/mol. The molecule has 0 spiro atoms. The van der Waals surface area contributed by atoms with Gasteiger partial charge in [-0.15, -0.1) is 5.10 Å². The summed E-state index contributed by atoms with van der Waals surface area (Å²) >= 11 is 2.96. The molecule has 3 rings (SSSR count). The van der Waals surface area contributed by atoms with Gasteiger partial charge < -0.3 is 25.2 Å². The van der Waals surface area contributed by atoms with E-state index < -0.39 is 22.6 Å². The molecule has 3 aromatic heterocycles. The Morgan fingerprint density at radius 2 is 2.19 bits per heavy atom. The molecule has 0 saturated carbocycles. The molecule has 2 amide bonds. The fourth-order valence-electron chi connectivity index (χ4n) is 2.18. The number of nitrogens with zero attached hydrogens (tertiary/aromatic N) is 4. The largest absolute Gasteiger partial charge is 0.467 e. The summed E-state index contributed by atoms with van der Waals surface area (Å²) in [7, 11) is 1.58. The Hall–Kier alpha value is -3.48. The van der Waals surface area contributed by atoms with E-state index in [1.165, 1.54) is 17.1 Å². The van der Waals surface area contributed by atoms with Gasteiger partial charge in [0.05, 0.1) is 18.5 Å². The maximum absolute atomic E-state index is 12.4. The molecule has 3 heterocycles. The lowest BCUT2D eigenvalue weighted by atomic mass is 10.3. The van der Waals surface area contributed by atoms with Gasteiger partial charge in [0.15, 0.2) is 11.4 Å². The van der Waals surface area contributed by atoms with Crippen LogP contribution in [0.2, 0.25) is 0 Å². The van der Waals surface area contributed by atoms with Crippen LogP contribution in [0.3, 0.4) is 0 Å². The average Bonchev–Trinajstić information content (AvgIpc) is 3.32. The van der Waals surface area contributed by atoms with Crippen LogP contribution in [-0.4, -0.2) is 36.7 Å². The van der Waals surface area contributed by atoms with E-state index in [2.05, 4.69) is 41.9 Å². The number of H-pyrrole nitrogens is 1. The number of hydrogen-bond donors (Lipinski definition) is 3. The highest BCUT2D eigenvalue weighted by Crippen LogP contribution is 2.26. The Morgan fingerprint density at radius 3 is 2.81 bits per heavy atom. The standard InChI is InChI=1S/C14H12BrN7O5/c1-21-6-8(10(20-21)13(23)16-5-7-3-2-4-27-7)17-14(24)11-9(15)12(19-18-11)22(25)26/h2-4,6H,5H2,1H3,(H,16,23)(H,17,24)(H,18,19). The van der Waals surface area contributed by atoms with Crippen molar-refractivity contribution in [1.82, 2.24) is 25.3 Å². The van der Waals surface area contributed by atoms with Crippen LogP contribution in [0.4, 0.5) is 11.5 Å². The molecule has 3 N–H and O–H groups in total. The van der Waals surface area contributed by atoms with Gasteiger partial charge in [-0.1, -0.05) is 5.10 Å². The fourth-order valence-corrected chi connectivity index (χ4v) is 2.69. The predicted molar refractivity (Wildman–Crippen MR) is 94.0 cm³/mol. The van der Waals surface area contributed by atoms with E-state index in [1.807, 2.05) is 0 Å². The second-order valence-electron chi connectivity index (χ2n) is 5.27. The van der Waals surface area contributed by atoms with Crippen molar-refractivity contribution in [2.45, 2.75) is 6.54 Å². The fraction of sp³-hybridized carbons (Fsp3) is 0.143. The molecule has 3 aromatic rings. The second kappa shape index (κ2) is 7.41. The van der Waals surface area contributed by atoms with E-state index in [9.17, 15) is 19.7 Å². The van der Waals surface area contributed by atoms with Crippen molar-refractivity contribution in [1.29, 1.82) is 0 Å². The Morgan fingerprint density at radius 1 is 1.41 bits per heavy atom. The highest BCUT2D eigenvalue weighted by Gasteiger charge is 2.26. The number of halogens is 1. The van der Waals surface area contributed by atoms with Gasteiger partial charge in [-0.25, -0.2) is 0 Å². The third-order valence-electron chi connectivity index (χ3n) is 3.38. The van der Waals surface area contributed by atoms with Crippen LogP contribution in [0, 0.1) is 10.1 Å². The van der Waals surface area contributed by atoms with Crippen LogP contribution in [-0.2, 0) is 13.6 Å². The molecular weight excluding hydrogens is 426 g/mol. The first kappa shape index (κ1) is 18.3. The molecule has 0 bridgehead atoms. The van der Waals surface area contributed by atoms with E-state index >= 15 is 0 Å². The number of nitrogens with one attached hydrogen (secondary N) is 3. The van der Waals surface area contributed by atoms with E-state index in [4.69, 9.17) is 4.42 Å². The number of furan rings is 1. The Kier molecular flexibility index (Phi) is 5.03. The highest BCUT2D eigenvalue weighted by molar-refractivity contribution is 9.10. The van der Waals surface area contributed by atoms with E-state index in [0.29, 0.717) is 5.76 Å². The Bertz CT molecular complexity index is 1010. The van der Waals surface area contributed by atoms with Crippen molar-refractivity contribution in [2.24, 2.45) is 7.05 Å². The van der Waals surface area contributed by atoms with Crippen LogP contribution in [0.5, 0.6) is 0 Å². The molecule has 0 atom stereocenters. The summed E-state index contributed by atoms with van der Waals surface area (Å²) in [5.74, 6) is -1.19. The van der Waals surface area contributed by atoms with Gasteiger partial charge in [0.1, 0.15) is 10.2 Å². The molecule has 0 unspecified atom stereocenters. The van der Waals surface area contributed by atoms with Gasteiger partial charge in [0.25, 0.3) is 11.8 Å². The smallest absolute Gasteiger partial charge is 0.357 e. The maximum Gasteiger partial charge on any atom is 0.357 e. The van der Waals surface area contributed by atoms with Gasteiger partial charge in [0.2, 0.25) is 0 Å². The summed E-state index contributed by atoms with van der Waals surface area (Å²) in [5, 5.41) is 25.7. The number of carbonyl (C=O) groups excluding carboxylic acids is 2. The van der Waals surface area contributed by atoms with Crippen molar-refractivity contribution in [2.75, 3.05) is 5.32 Å². The van der Waals surface area contributed by atoms with Crippen molar-refractivity contribution >= 4 is 39.2 Å². The summed E-state index contributed by atoms with van der Waals surface area (Å²) in [5.41, 5.74) is -0.136. The van der Waals surface area contributed by atoms with Gasteiger partial charge in [-0.05, 0) is 33.0 Å². The molecule has 12 nitrogen and oxygen atoms in total. The first-order valence-corrected chi connectivity index (χ1v) is 8.20. The minimum atomic E-state index is -0.751. The summed E-state index contributed by atoms with van der Waals surface area (Å²) in [6, 6.07) is 3.39. The number of aromatic nitrogens is 4. The van der Waals surface area contributed by atoms with Crippen LogP contribution in [0.15, 0.2) is 33.5 Å². The molecule has 140 valence electrons. The zero-order chi connectivity index (χ0) is 19.6. The van der Waals surface area contributed by atoms with Crippen LogP contribution < -0.4 is 10.6 Å². The second-order valence-corrected chi connectivity index (χ2v) is 6.07. The number of rotatable bonds is 6. The van der Waals surface area contributed by atoms with Crippen molar-refractivity contribution in [3.05, 3.63) is 56.3 Å². The van der Waals surface area contributed by atoms with E-state index in [-0.39, 0.29) is 28.1 Å². The molecule has 0 radical (unpaired) electrons. The van der Waals surface area contributed by atoms with Crippen molar-refractivity contribution < 1.29 is 18.9 Å². The number of aromatic amines is 1. The number of carbonyl (C=O) groups is 2. The summed E-state index contributed by atoms with van der Waals surface area (Å²) in [6.07, 6.45) is 2.91. The van der Waals surface area contributed by atoms with E-state index in [0.717, 1.165) is 0 Å². The van der Waals surface area contributed by atoms with Gasteiger partial charge >= 0.3 is 5.82 Å². The third kappa shape index (κ3) is 3.87. The van der Waals surface area contributed by atoms with Crippen LogP contribution in [0.1, 0.15) is 26.7 Å². The van der Waals surface area contributed by atoms with Crippen LogP contribution in [0.25, 0.3) is 0 Å². The lowest BCUT2D eigenvalue weighted by Crippen LogP contribution is -2.25. The Labute approximate surface area is 159 Å². The molecule has 0 fully saturated rings. The SMILES string of the molecule is Cn1cc(NC(=O)c2n[nH]c([N+](=O)[O-])c2Br)c(C(=O)NCc2ccco2)n1. The predicted octanol–water partition coefficient (Wildman–Crippen LogP) is 1.59. The number of nitro groups is 1. The lowest BCUT2D eigenvalue weighted by molar-refractivity contribution is -0.390. The molecular formula is C14H12BrN7O5. The van der Waals surface area contributed by atoms with Crippen molar-refractivity contribution in [3.8, 4) is 0 Å². The van der Waals surface area contributed by atoms with Gasteiger partial charge in [-0.2, -0.15) is 5.10 Å². The summed E-state index contributed by atoms with van der Waals surface area (Å²) < 4.78 is 6.38. The van der Waals surface area contributed by atoms with Crippen LogP contribution >= 0.6 is 15.9 Å². The normalized spacial score (nSPS) is 10.6. The number of amides is 2. The monoisotopic (exact) mass is 437 g/mol. The Balaban J connectivity index is 1.76. The topological polar surface area (TPSA) is 161 Å². The van der Waals surface area contributed by atoms with E-state index in [1.54, 1.807) is 19.2 Å². The summed E-state index contributed by atoms with van der Waals surface area (Å²) in [6.45, 7) is 0.146. The molecule has 0 aliphatic rings.